The Labute approximate surface area is 157 Å². The van der Waals surface area contributed by atoms with Gasteiger partial charge in [0.1, 0.15) is 11.6 Å². The zero-order valence-electron chi connectivity index (χ0n) is 16.0. The molecule has 5 nitrogen and oxygen atoms in total. The van der Waals surface area contributed by atoms with Gasteiger partial charge in [0, 0.05) is 11.6 Å². The number of hydrogen-bond donors (Lipinski definition) is 2. The highest BCUT2D eigenvalue weighted by atomic mass is 19.1. The summed E-state index contributed by atoms with van der Waals surface area (Å²) < 4.78 is 26.7. The number of anilines is 1. The van der Waals surface area contributed by atoms with Gasteiger partial charge in [-0.25, -0.2) is 24.0 Å². The van der Waals surface area contributed by atoms with E-state index in [1.807, 2.05) is 19.9 Å². The molecule has 0 unspecified atom stereocenters. The molecular weight excluding hydrogens is 352 g/mol. The molecule has 0 radical (unpaired) electrons. The number of carbonyl (C=O) groups is 2. The van der Waals surface area contributed by atoms with Gasteiger partial charge in [-0.05, 0) is 58.9 Å². The van der Waals surface area contributed by atoms with Crippen LogP contribution in [0.5, 0.6) is 0 Å². The Morgan fingerprint density at radius 1 is 0.963 bits per heavy atom. The van der Waals surface area contributed by atoms with Crippen molar-refractivity contribution >= 4 is 17.6 Å². The van der Waals surface area contributed by atoms with Gasteiger partial charge < -0.3 is 5.32 Å². The van der Waals surface area contributed by atoms with E-state index >= 15 is 0 Å². The van der Waals surface area contributed by atoms with Crippen molar-refractivity contribution < 1.29 is 18.4 Å². The minimum atomic E-state index is -0.909. The summed E-state index contributed by atoms with van der Waals surface area (Å²) in [4.78, 5) is 25.3. The smallest absolute Gasteiger partial charge is 0.304 e. The molecule has 0 spiro atoms. The maximum Gasteiger partial charge on any atom is 0.338 e. The molecule has 0 heterocycles. The monoisotopic (exact) mass is 375 g/mol. The Morgan fingerprint density at radius 2 is 1.56 bits per heavy atom. The Morgan fingerprint density at radius 3 is 2.07 bits per heavy atom. The van der Waals surface area contributed by atoms with Crippen LogP contribution in [0.4, 0.5) is 19.3 Å². The van der Waals surface area contributed by atoms with E-state index in [0.717, 1.165) is 23.3 Å². The van der Waals surface area contributed by atoms with E-state index in [1.165, 1.54) is 5.01 Å². The molecule has 2 rings (SSSR count). The Kier molecular flexibility index (Phi) is 5.83. The van der Waals surface area contributed by atoms with Crippen LogP contribution in [0.2, 0.25) is 0 Å². The molecule has 144 valence electrons. The van der Waals surface area contributed by atoms with Crippen molar-refractivity contribution in [1.82, 2.24) is 10.4 Å². The van der Waals surface area contributed by atoms with Crippen LogP contribution in [0, 0.1) is 25.5 Å². The summed E-state index contributed by atoms with van der Waals surface area (Å²) in [6, 6.07) is 7.39. The number of halogens is 2. The first-order valence-electron chi connectivity index (χ1n) is 8.43. The van der Waals surface area contributed by atoms with Gasteiger partial charge in [-0.3, -0.25) is 4.79 Å². The molecule has 0 aromatic heterocycles. The van der Waals surface area contributed by atoms with E-state index in [0.29, 0.717) is 11.6 Å². The predicted molar refractivity (Wildman–Crippen MR) is 100 cm³/mol. The third-order valence-corrected chi connectivity index (χ3v) is 3.74. The van der Waals surface area contributed by atoms with Crippen LogP contribution in [0.1, 0.15) is 42.3 Å². The van der Waals surface area contributed by atoms with E-state index in [9.17, 15) is 18.4 Å². The standard InChI is InChI=1S/C20H23F2N3O2/c1-12-8-13(2)10-14(9-12)18(26)25(20(3,4)5)24-19(27)23-17-7-6-15(21)11-16(17)22/h6-11H,1-5H3,(H2,23,24,27). The number of amides is 3. The summed E-state index contributed by atoms with van der Waals surface area (Å²) in [6.45, 7) is 9.02. The molecule has 0 fully saturated rings. The molecular formula is C20H23F2N3O2. The van der Waals surface area contributed by atoms with Gasteiger partial charge in [0.25, 0.3) is 5.91 Å². The molecule has 0 aliphatic heterocycles. The average molecular weight is 375 g/mol. The van der Waals surface area contributed by atoms with Crippen LogP contribution in [0.15, 0.2) is 36.4 Å². The van der Waals surface area contributed by atoms with Crippen LogP contribution in [-0.2, 0) is 0 Å². The van der Waals surface area contributed by atoms with Gasteiger partial charge in [-0.15, -0.1) is 0 Å². The topological polar surface area (TPSA) is 61.4 Å². The second-order valence-corrected chi connectivity index (χ2v) is 7.38. The highest BCUT2D eigenvalue weighted by Crippen LogP contribution is 2.19. The van der Waals surface area contributed by atoms with Gasteiger partial charge >= 0.3 is 6.03 Å². The second-order valence-electron chi connectivity index (χ2n) is 7.38. The van der Waals surface area contributed by atoms with Crippen molar-refractivity contribution in [2.75, 3.05) is 5.32 Å². The minimum absolute atomic E-state index is 0.193. The third-order valence-electron chi connectivity index (χ3n) is 3.74. The fourth-order valence-corrected chi connectivity index (χ4v) is 2.59. The fourth-order valence-electron chi connectivity index (χ4n) is 2.59. The lowest BCUT2D eigenvalue weighted by Gasteiger charge is -2.35. The zero-order chi connectivity index (χ0) is 20.4. The molecule has 0 aliphatic carbocycles. The molecule has 3 amide bonds. The molecule has 0 bridgehead atoms. The summed E-state index contributed by atoms with van der Waals surface area (Å²) in [5.74, 6) is -2.06. The van der Waals surface area contributed by atoms with Gasteiger partial charge in [0.05, 0.1) is 11.2 Å². The molecule has 2 aromatic carbocycles. The van der Waals surface area contributed by atoms with Crippen molar-refractivity contribution in [1.29, 1.82) is 0 Å². The molecule has 2 aromatic rings. The van der Waals surface area contributed by atoms with E-state index in [1.54, 1.807) is 32.9 Å². The fraction of sp³-hybridized carbons (Fsp3) is 0.300. The molecule has 2 N–H and O–H groups in total. The maximum atomic E-state index is 13.7. The lowest BCUT2D eigenvalue weighted by atomic mass is 10.0. The van der Waals surface area contributed by atoms with Crippen LogP contribution in [0.3, 0.4) is 0 Å². The number of hydrazine groups is 1. The number of carbonyl (C=O) groups excluding carboxylic acids is 2. The number of nitrogens with zero attached hydrogens (tertiary/aromatic N) is 1. The lowest BCUT2D eigenvalue weighted by molar-refractivity contribution is 0.0460. The zero-order valence-corrected chi connectivity index (χ0v) is 16.0. The quantitative estimate of drug-likeness (QED) is 0.756. The van der Waals surface area contributed by atoms with Gasteiger partial charge in [0.15, 0.2) is 0 Å². The number of benzene rings is 2. The minimum Gasteiger partial charge on any atom is -0.304 e. The first-order chi connectivity index (χ1) is 12.5. The summed E-state index contributed by atoms with van der Waals surface area (Å²) >= 11 is 0. The molecule has 0 atom stereocenters. The summed E-state index contributed by atoms with van der Waals surface area (Å²) in [5, 5.41) is 3.46. The largest absolute Gasteiger partial charge is 0.338 e. The Hall–Kier alpha value is -2.96. The Balaban J connectivity index is 2.23. The molecule has 0 aliphatic rings. The number of urea groups is 1. The summed E-state index contributed by atoms with van der Waals surface area (Å²) in [6.07, 6.45) is 0. The Bertz CT molecular complexity index is 856. The van der Waals surface area contributed by atoms with E-state index in [4.69, 9.17) is 0 Å². The second kappa shape index (κ2) is 7.73. The van der Waals surface area contributed by atoms with Gasteiger partial charge in [-0.1, -0.05) is 17.2 Å². The summed E-state index contributed by atoms with van der Waals surface area (Å²) in [5.41, 5.74) is 3.79. The maximum absolute atomic E-state index is 13.7. The number of nitrogens with one attached hydrogen (secondary N) is 2. The lowest BCUT2D eigenvalue weighted by Crippen LogP contribution is -2.56. The first kappa shape index (κ1) is 20.4. The SMILES string of the molecule is Cc1cc(C)cc(C(=O)N(NC(=O)Nc2ccc(F)cc2F)C(C)(C)C)c1. The van der Waals surface area contributed by atoms with E-state index in [2.05, 4.69) is 10.7 Å². The van der Waals surface area contributed by atoms with Crippen molar-refractivity contribution in [2.24, 2.45) is 0 Å². The van der Waals surface area contributed by atoms with Crippen LogP contribution < -0.4 is 10.7 Å². The first-order valence-corrected chi connectivity index (χ1v) is 8.43. The van der Waals surface area contributed by atoms with Crippen LogP contribution in [-0.4, -0.2) is 22.5 Å². The molecule has 0 saturated carbocycles. The average Bonchev–Trinajstić information content (AvgIpc) is 2.52. The van der Waals surface area contributed by atoms with Crippen LogP contribution >= 0.6 is 0 Å². The molecule has 0 saturated heterocycles. The normalized spacial score (nSPS) is 11.1. The molecule has 7 heteroatoms. The van der Waals surface area contributed by atoms with Crippen LogP contribution in [0.25, 0.3) is 0 Å². The van der Waals surface area contributed by atoms with Gasteiger partial charge in [-0.2, -0.15) is 0 Å². The highest BCUT2D eigenvalue weighted by Gasteiger charge is 2.29. The van der Waals surface area contributed by atoms with E-state index < -0.39 is 29.1 Å². The number of rotatable bonds is 2. The predicted octanol–water partition coefficient (Wildman–Crippen LogP) is 4.56. The summed E-state index contributed by atoms with van der Waals surface area (Å²) in [7, 11) is 0. The van der Waals surface area contributed by atoms with Crippen molar-refractivity contribution in [2.45, 2.75) is 40.2 Å². The van der Waals surface area contributed by atoms with Crippen molar-refractivity contribution in [3.8, 4) is 0 Å². The number of hydrogen-bond acceptors (Lipinski definition) is 2. The molecule has 27 heavy (non-hydrogen) atoms. The highest BCUT2D eigenvalue weighted by molar-refractivity contribution is 5.97. The third kappa shape index (κ3) is 5.26. The van der Waals surface area contributed by atoms with Gasteiger partial charge in [0.2, 0.25) is 0 Å². The van der Waals surface area contributed by atoms with Crippen molar-refractivity contribution in [3.63, 3.8) is 0 Å². The number of aryl methyl sites for hydroxylation is 2. The van der Waals surface area contributed by atoms with Crippen molar-refractivity contribution in [3.05, 3.63) is 64.7 Å². The van der Waals surface area contributed by atoms with E-state index in [-0.39, 0.29) is 5.69 Å².